The van der Waals surface area contributed by atoms with Crippen LogP contribution in [0.25, 0.3) is 0 Å². The van der Waals surface area contributed by atoms with E-state index in [1.54, 1.807) is 18.5 Å². The maximum Gasteiger partial charge on any atom is 0.172 e. The van der Waals surface area contributed by atoms with Crippen LogP contribution in [0.1, 0.15) is 45.1 Å². The Morgan fingerprint density at radius 2 is 2.05 bits per heavy atom. The molecule has 0 radical (unpaired) electrons. The second-order valence-electron chi connectivity index (χ2n) is 5.57. The third-order valence-corrected chi connectivity index (χ3v) is 4.85. The fraction of sp³-hybridized carbons (Fsp3) is 0.600. The lowest BCUT2D eigenvalue weighted by Crippen LogP contribution is -2.40. The number of oxime groups is 1. The highest BCUT2D eigenvalue weighted by atomic mass is 16.4. The van der Waals surface area contributed by atoms with E-state index >= 15 is 0 Å². The standard InChI is InChI=1S/C15H24N4O/c1-3-15(4-2)6-9-19(10-7-15)13-11-17-8-5-12(13)14(16)18-20/h5,8,11,20H,3-4,6-7,9-10H2,1-2H3,(H2,16,18). The fourth-order valence-electron chi connectivity index (χ4n) is 3.09. The summed E-state index contributed by atoms with van der Waals surface area (Å²) in [6, 6.07) is 1.80. The summed E-state index contributed by atoms with van der Waals surface area (Å²) in [4.78, 5) is 6.48. The quantitative estimate of drug-likeness (QED) is 0.383. The predicted molar refractivity (Wildman–Crippen MR) is 81.2 cm³/mol. The number of nitrogens with zero attached hydrogens (tertiary/aromatic N) is 3. The molecule has 0 spiro atoms. The highest BCUT2D eigenvalue weighted by Gasteiger charge is 2.32. The smallest absolute Gasteiger partial charge is 0.172 e. The van der Waals surface area contributed by atoms with Crippen LogP contribution in [0.5, 0.6) is 0 Å². The number of amidine groups is 1. The number of rotatable bonds is 4. The molecule has 5 nitrogen and oxygen atoms in total. The third kappa shape index (κ3) is 2.71. The summed E-state index contributed by atoms with van der Waals surface area (Å²) in [6.07, 6.45) is 8.31. The van der Waals surface area contributed by atoms with Gasteiger partial charge >= 0.3 is 0 Å². The molecule has 1 aromatic rings. The second kappa shape index (κ2) is 6.11. The van der Waals surface area contributed by atoms with E-state index in [0.717, 1.165) is 24.3 Å². The Morgan fingerprint density at radius 3 is 2.60 bits per heavy atom. The molecule has 0 atom stereocenters. The van der Waals surface area contributed by atoms with Gasteiger partial charge in [-0.2, -0.15) is 0 Å². The molecular formula is C15H24N4O. The van der Waals surface area contributed by atoms with Crippen molar-refractivity contribution in [3.63, 3.8) is 0 Å². The van der Waals surface area contributed by atoms with Crippen LogP contribution in [0.15, 0.2) is 23.6 Å². The molecule has 2 heterocycles. The molecule has 110 valence electrons. The minimum atomic E-state index is 0.144. The van der Waals surface area contributed by atoms with Gasteiger partial charge < -0.3 is 15.8 Å². The lowest BCUT2D eigenvalue weighted by Gasteiger charge is -2.42. The van der Waals surface area contributed by atoms with Crippen LogP contribution in [0, 0.1) is 5.41 Å². The van der Waals surface area contributed by atoms with Gasteiger partial charge in [0, 0.05) is 24.8 Å². The molecule has 1 aliphatic heterocycles. The average molecular weight is 276 g/mol. The minimum absolute atomic E-state index is 0.144. The molecule has 0 aromatic carbocycles. The number of hydrogen-bond donors (Lipinski definition) is 2. The average Bonchev–Trinajstić information content (AvgIpc) is 2.54. The van der Waals surface area contributed by atoms with E-state index in [-0.39, 0.29) is 5.84 Å². The van der Waals surface area contributed by atoms with Crippen LogP contribution in [0.2, 0.25) is 0 Å². The van der Waals surface area contributed by atoms with Gasteiger partial charge in [-0.05, 0) is 24.3 Å². The molecule has 0 amide bonds. The van der Waals surface area contributed by atoms with Crippen molar-refractivity contribution in [3.05, 3.63) is 24.0 Å². The molecule has 3 N–H and O–H groups in total. The molecule has 2 rings (SSSR count). The highest BCUT2D eigenvalue weighted by molar-refractivity contribution is 6.02. The van der Waals surface area contributed by atoms with Gasteiger partial charge in [0.2, 0.25) is 0 Å². The van der Waals surface area contributed by atoms with E-state index in [0.29, 0.717) is 5.41 Å². The first-order valence-electron chi connectivity index (χ1n) is 7.32. The summed E-state index contributed by atoms with van der Waals surface area (Å²) in [5.74, 6) is 0.144. The van der Waals surface area contributed by atoms with Gasteiger partial charge in [-0.15, -0.1) is 0 Å². The summed E-state index contributed by atoms with van der Waals surface area (Å²) < 4.78 is 0. The second-order valence-corrected chi connectivity index (χ2v) is 5.57. The number of pyridine rings is 1. The van der Waals surface area contributed by atoms with Gasteiger partial charge in [0.1, 0.15) is 0 Å². The van der Waals surface area contributed by atoms with Crippen molar-refractivity contribution in [2.45, 2.75) is 39.5 Å². The van der Waals surface area contributed by atoms with Gasteiger partial charge in [0.15, 0.2) is 5.84 Å². The SMILES string of the molecule is CCC1(CC)CCN(c2cnccc2/C(N)=N/O)CC1. The van der Waals surface area contributed by atoms with Crippen LogP contribution in [-0.4, -0.2) is 29.1 Å². The number of piperidine rings is 1. The van der Waals surface area contributed by atoms with Crippen molar-refractivity contribution in [1.82, 2.24) is 4.98 Å². The van der Waals surface area contributed by atoms with Crippen molar-refractivity contribution in [1.29, 1.82) is 0 Å². The normalized spacial score (nSPS) is 19.1. The first-order chi connectivity index (χ1) is 9.65. The maximum atomic E-state index is 8.89. The molecule has 1 aliphatic rings. The number of nitrogens with two attached hydrogens (primary N) is 1. The van der Waals surface area contributed by atoms with E-state index in [1.165, 1.54) is 25.7 Å². The largest absolute Gasteiger partial charge is 0.409 e. The molecule has 1 fully saturated rings. The van der Waals surface area contributed by atoms with Crippen LogP contribution in [0.3, 0.4) is 0 Å². The molecule has 1 aromatic heterocycles. The van der Waals surface area contributed by atoms with Gasteiger partial charge in [-0.25, -0.2) is 0 Å². The van der Waals surface area contributed by atoms with Crippen LogP contribution in [0.4, 0.5) is 5.69 Å². The molecule has 0 saturated carbocycles. The number of aromatic nitrogens is 1. The summed E-state index contributed by atoms with van der Waals surface area (Å²) in [5, 5.41) is 12.0. The number of anilines is 1. The summed E-state index contributed by atoms with van der Waals surface area (Å²) >= 11 is 0. The molecule has 20 heavy (non-hydrogen) atoms. The zero-order valence-corrected chi connectivity index (χ0v) is 12.3. The van der Waals surface area contributed by atoms with Gasteiger partial charge in [0.25, 0.3) is 0 Å². The van der Waals surface area contributed by atoms with Crippen molar-refractivity contribution in [3.8, 4) is 0 Å². The van der Waals surface area contributed by atoms with E-state index in [2.05, 4.69) is 28.9 Å². The van der Waals surface area contributed by atoms with E-state index < -0.39 is 0 Å². The van der Waals surface area contributed by atoms with Gasteiger partial charge in [-0.1, -0.05) is 31.8 Å². The highest BCUT2D eigenvalue weighted by Crippen LogP contribution is 2.39. The molecule has 1 saturated heterocycles. The lowest BCUT2D eigenvalue weighted by molar-refractivity contribution is 0.199. The van der Waals surface area contributed by atoms with Crippen molar-refractivity contribution < 1.29 is 5.21 Å². The molecule has 0 aliphatic carbocycles. The monoisotopic (exact) mass is 276 g/mol. The van der Waals surface area contributed by atoms with E-state index in [4.69, 9.17) is 10.9 Å². The van der Waals surface area contributed by atoms with Crippen molar-refractivity contribution >= 4 is 11.5 Å². The molecule has 0 unspecified atom stereocenters. The number of hydrogen-bond acceptors (Lipinski definition) is 4. The van der Waals surface area contributed by atoms with E-state index in [1.807, 2.05) is 0 Å². The maximum absolute atomic E-state index is 8.89. The molecule has 5 heteroatoms. The zero-order valence-electron chi connectivity index (χ0n) is 12.3. The van der Waals surface area contributed by atoms with Crippen LogP contribution in [-0.2, 0) is 0 Å². The predicted octanol–water partition coefficient (Wildman–Crippen LogP) is 2.58. The summed E-state index contributed by atoms with van der Waals surface area (Å²) in [7, 11) is 0. The van der Waals surface area contributed by atoms with Crippen LogP contribution >= 0.6 is 0 Å². The van der Waals surface area contributed by atoms with Crippen molar-refractivity contribution in [2.75, 3.05) is 18.0 Å². The van der Waals surface area contributed by atoms with Crippen LogP contribution < -0.4 is 10.6 Å². The fourth-order valence-corrected chi connectivity index (χ4v) is 3.09. The Bertz CT molecular complexity index is 473. The van der Waals surface area contributed by atoms with E-state index in [9.17, 15) is 0 Å². The van der Waals surface area contributed by atoms with Gasteiger partial charge in [-0.3, -0.25) is 4.98 Å². The molecule has 0 bridgehead atoms. The third-order valence-electron chi connectivity index (χ3n) is 4.85. The molecular weight excluding hydrogens is 252 g/mol. The van der Waals surface area contributed by atoms with Crippen molar-refractivity contribution in [2.24, 2.45) is 16.3 Å². The first-order valence-corrected chi connectivity index (χ1v) is 7.32. The topological polar surface area (TPSA) is 74.7 Å². The first kappa shape index (κ1) is 14.6. The Morgan fingerprint density at radius 1 is 1.40 bits per heavy atom. The Kier molecular flexibility index (Phi) is 4.47. The Labute approximate surface area is 120 Å². The van der Waals surface area contributed by atoms with Gasteiger partial charge in [0.05, 0.1) is 11.9 Å². The zero-order chi connectivity index (χ0) is 14.6. The Balaban J connectivity index is 2.19. The Hall–Kier alpha value is -1.78. The lowest BCUT2D eigenvalue weighted by atomic mass is 9.74. The summed E-state index contributed by atoms with van der Waals surface area (Å²) in [5.41, 5.74) is 7.95. The minimum Gasteiger partial charge on any atom is -0.409 e. The summed E-state index contributed by atoms with van der Waals surface area (Å²) in [6.45, 7) is 6.56.